The number of piperidine rings is 1. The summed E-state index contributed by atoms with van der Waals surface area (Å²) in [5.41, 5.74) is -1.06. The standard InChI is InChI=1S/C26H47N5O3/c1-27-19-23(18-21-10-5-4-6-11-21)29-25(32)31-15-9-12-22(20-31)26(33,13-7-8-17-34-3)24-28-14-16-30(24)2/h14,16,21-23,27,33H,4-13,15,17-20H2,1-3H3,(H,29,32)/t22-,23+,26+/m1/s1. The number of likely N-dealkylation sites (N-methyl/N-ethyl adjacent to an activating group) is 1. The van der Waals surface area contributed by atoms with Crippen molar-refractivity contribution in [1.82, 2.24) is 25.1 Å². The third kappa shape index (κ3) is 7.18. The maximum absolute atomic E-state index is 13.3. The average Bonchev–Trinajstić information content (AvgIpc) is 3.29. The van der Waals surface area contributed by atoms with Gasteiger partial charge in [-0.05, 0) is 51.5 Å². The SMILES string of the molecule is CNC[C@H](CC1CCCCC1)NC(=O)N1CCC[C@@H]([C@@](O)(CCCCOC)c2nccn2C)C1. The molecule has 0 bridgehead atoms. The molecule has 3 rings (SSSR count). The fraction of sp³-hybridized carbons (Fsp3) is 0.846. The number of unbranched alkanes of at least 4 members (excludes halogenated alkanes) is 1. The number of hydrogen-bond acceptors (Lipinski definition) is 5. The highest BCUT2D eigenvalue weighted by Crippen LogP contribution is 2.39. The number of aliphatic hydroxyl groups is 1. The first-order valence-corrected chi connectivity index (χ1v) is 13.4. The first-order chi connectivity index (χ1) is 16.5. The minimum Gasteiger partial charge on any atom is -0.385 e. The number of imidazole rings is 1. The minimum atomic E-state index is -1.06. The van der Waals surface area contributed by atoms with Gasteiger partial charge in [0.1, 0.15) is 11.4 Å². The van der Waals surface area contributed by atoms with Crippen LogP contribution in [0.25, 0.3) is 0 Å². The monoisotopic (exact) mass is 477 g/mol. The van der Waals surface area contributed by atoms with Gasteiger partial charge in [-0.25, -0.2) is 9.78 Å². The second-order valence-corrected chi connectivity index (χ2v) is 10.5. The molecule has 1 aliphatic heterocycles. The number of methoxy groups -OCH3 is 1. The lowest BCUT2D eigenvalue weighted by atomic mass is 9.77. The highest BCUT2D eigenvalue weighted by atomic mass is 16.5. The molecule has 8 nitrogen and oxygen atoms in total. The number of urea groups is 1. The van der Waals surface area contributed by atoms with E-state index in [4.69, 9.17) is 4.74 Å². The van der Waals surface area contributed by atoms with E-state index >= 15 is 0 Å². The molecule has 0 radical (unpaired) electrons. The molecule has 0 spiro atoms. The molecule has 2 aliphatic rings. The molecular formula is C26H47N5O3. The summed E-state index contributed by atoms with van der Waals surface area (Å²) >= 11 is 0. The van der Waals surface area contributed by atoms with Gasteiger partial charge in [-0.2, -0.15) is 0 Å². The summed E-state index contributed by atoms with van der Waals surface area (Å²) in [5.74, 6) is 1.36. The zero-order valence-corrected chi connectivity index (χ0v) is 21.6. The fourth-order valence-corrected chi connectivity index (χ4v) is 6.00. The first kappa shape index (κ1) is 27.0. The van der Waals surface area contributed by atoms with E-state index in [1.54, 1.807) is 13.3 Å². The molecule has 194 valence electrons. The molecule has 2 fully saturated rings. The predicted octanol–water partition coefficient (Wildman–Crippen LogP) is 3.40. The average molecular weight is 478 g/mol. The Balaban J connectivity index is 1.65. The van der Waals surface area contributed by atoms with Crippen LogP contribution in [0, 0.1) is 11.8 Å². The number of carbonyl (C=O) groups excluding carboxylic acids is 1. The van der Waals surface area contributed by atoms with Gasteiger partial charge in [0.2, 0.25) is 0 Å². The quantitative estimate of drug-likeness (QED) is 0.401. The summed E-state index contributed by atoms with van der Waals surface area (Å²) in [5, 5.41) is 18.5. The largest absolute Gasteiger partial charge is 0.385 e. The van der Waals surface area contributed by atoms with E-state index < -0.39 is 5.60 Å². The summed E-state index contributed by atoms with van der Waals surface area (Å²) in [6.07, 6.45) is 15.4. The van der Waals surface area contributed by atoms with E-state index in [0.717, 1.165) is 45.2 Å². The smallest absolute Gasteiger partial charge is 0.317 e. The third-order valence-corrected chi connectivity index (χ3v) is 7.87. The number of nitrogens with zero attached hydrogens (tertiary/aromatic N) is 3. The van der Waals surface area contributed by atoms with Crippen LogP contribution >= 0.6 is 0 Å². The molecule has 2 heterocycles. The van der Waals surface area contributed by atoms with Crippen LogP contribution in [0.4, 0.5) is 4.79 Å². The van der Waals surface area contributed by atoms with Crippen LogP contribution < -0.4 is 10.6 Å². The Morgan fingerprint density at radius 1 is 1.26 bits per heavy atom. The van der Waals surface area contributed by atoms with Crippen molar-refractivity contribution in [2.24, 2.45) is 18.9 Å². The van der Waals surface area contributed by atoms with Gasteiger partial charge in [0.25, 0.3) is 0 Å². The van der Waals surface area contributed by atoms with Crippen molar-refractivity contribution in [3.63, 3.8) is 0 Å². The molecule has 1 aromatic heterocycles. The Labute approximate surface area is 205 Å². The maximum Gasteiger partial charge on any atom is 0.317 e. The van der Waals surface area contributed by atoms with Gasteiger partial charge in [0.15, 0.2) is 0 Å². The van der Waals surface area contributed by atoms with Gasteiger partial charge >= 0.3 is 6.03 Å². The summed E-state index contributed by atoms with van der Waals surface area (Å²) in [6, 6.07) is 0.144. The Bertz CT molecular complexity index is 736. The van der Waals surface area contributed by atoms with Crippen molar-refractivity contribution in [3.05, 3.63) is 18.2 Å². The Morgan fingerprint density at radius 2 is 2.06 bits per heavy atom. The first-order valence-electron chi connectivity index (χ1n) is 13.4. The number of rotatable bonds is 12. The van der Waals surface area contributed by atoms with E-state index in [2.05, 4.69) is 15.6 Å². The molecule has 3 atom stereocenters. The van der Waals surface area contributed by atoms with Crippen LogP contribution in [0.2, 0.25) is 0 Å². The molecule has 1 aromatic rings. The second-order valence-electron chi connectivity index (χ2n) is 10.5. The van der Waals surface area contributed by atoms with Gasteiger partial charge in [0, 0.05) is 64.8 Å². The van der Waals surface area contributed by atoms with Crippen LogP contribution in [-0.4, -0.2) is 72.0 Å². The summed E-state index contributed by atoms with van der Waals surface area (Å²) < 4.78 is 7.13. The van der Waals surface area contributed by atoms with Crippen molar-refractivity contribution in [2.45, 2.75) is 82.3 Å². The zero-order chi connectivity index (χ0) is 24.4. The fourth-order valence-electron chi connectivity index (χ4n) is 6.00. The molecule has 34 heavy (non-hydrogen) atoms. The van der Waals surface area contributed by atoms with Crippen LogP contribution in [0.1, 0.15) is 76.5 Å². The molecule has 8 heteroatoms. The Hall–Kier alpha value is -1.64. The normalized spacial score (nSPS) is 22.4. The molecular weight excluding hydrogens is 430 g/mol. The summed E-state index contributed by atoms with van der Waals surface area (Å²) in [4.78, 5) is 19.8. The number of aromatic nitrogens is 2. The zero-order valence-electron chi connectivity index (χ0n) is 21.6. The maximum atomic E-state index is 13.3. The molecule has 0 unspecified atom stereocenters. The second kappa shape index (κ2) is 13.4. The van der Waals surface area contributed by atoms with Gasteiger partial charge < -0.3 is 29.9 Å². The van der Waals surface area contributed by atoms with Gasteiger partial charge in [-0.15, -0.1) is 0 Å². The summed E-state index contributed by atoms with van der Waals surface area (Å²) in [7, 11) is 5.59. The van der Waals surface area contributed by atoms with Crippen LogP contribution in [0.5, 0.6) is 0 Å². The van der Waals surface area contributed by atoms with Crippen molar-refractivity contribution in [3.8, 4) is 0 Å². The topological polar surface area (TPSA) is 91.7 Å². The van der Waals surface area contributed by atoms with Gasteiger partial charge in [-0.1, -0.05) is 32.1 Å². The lowest BCUT2D eigenvalue weighted by molar-refractivity contribution is -0.0649. The number of ether oxygens (including phenoxy) is 1. The molecule has 1 aliphatic carbocycles. The van der Waals surface area contributed by atoms with Crippen molar-refractivity contribution in [2.75, 3.05) is 40.4 Å². The number of nitrogens with one attached hydrogen (secondary N) is 2. The van der Waals surface area contributed by atoms with E-state index in [9.17, 15) is 9.90 Å². The molecule has 2 amide bonds. The summed E-state index contributed by atoms with van der Waals surface area (Å²) in [6.45, 7) is 2.76. The van der Waals surface area contributed by atoms with E-state index in [1.807, 2.05) is 29.8 Å². The van der Waals surface area contributed by atoms with Crippen molar-refractivity contribution < 1.29 is 14.6 Å². The van der Waals surface area contributed by atoms with Crippen LogP contribution in [0.15, 0.2) is 12.4 Å². The number of amides is 2. The molecule has 0 aromatic carbocycles. The predicted molar refractivity (Wildman–Crippen MR) is 135 cm³/mol. The number of carbonyl (C=O) groups is 1. The van der Waals surface area contributed by atoms with Gasteiger partial charge in [0.05, 0.1) is 0 Å². The third-order valence-electron chi connectivity index (χ3n) is 7.87. The highest BCUT2D eigenvalue weighted by Gasteiger charge is 2.43. The minimum absolute atomic E-state index is 0.00216. The Morgan fingerprint density at radius 3 is 2.74 bits per heavy atom. The van der Waals surface area contributed by atoms with E-state index in [0.29, 0.717) is 31.3 Å². The number of aryl methyl sites for hydroxylation is 1. The van der Waals surface area contributed by atoms with Crippen LogP contribution in [0.3, 0.4) is 0 Å². The molecule has 1 saturated carbocycles. The van der Waals surface area contributed by atoms with E-state index in [-0.39, 0.29) is 18.0 Å². The highest BCUT2D eigenvalue weighted by molar-refractivity contribution is 5.74. The van der Waals surface area contributed by atoms with Crippen LogP contribution in [-0.2, 0) is 17.4 Å². The number of likely N-dealkylation sites (tertiary alicyclic amines) is 1. The lowest BCUT2D eigenvalue weighted by Crippen LogP contribution is -2.54. The Kier molecular flexibility index (Phi) is 10.7. The number of hydrogen-bond donors (Lipinski definition) is 3. The molecule has 1 saturated heterocycles. The van der Waals surface area contributed by atoms with E-state index in [1.165, 1.54) is 32.1 Å². The van der Waals surface area contributed by atoms with Gasteiger partial charge in [-0.3, -0.25) is 0 Å². The lowest BCUT2D eigenvalue weighted by Gasteiger charge is -2.42. The van der Waals surface area contributed by atoms with Crippen molar-refractivity contribution in [1.29, 1.82) is 0 Å². The molecule has 3 N–H and O–H groups in total. The van der Waals surface area contributed by atoms with Crippen molar-refractivity contribution >= 4 is 6.03 Å².